The van der Waals surface area contributed by atoms with Crippen molar-refractivity contribution < 1.29 is 19.3 Å². The van der Waals surface area contributed by atoms with Crippen LogP contribution < -0.4 is 15.2 Å². The molecule has 0 spiro atoms. The molecule has 1 aromatic rings. The molecule has 0 aliphatic carbocycles. The van der Waals surface area contributed by atoms with Gasteiger partial charge in [-0.3, -0.25) is 0 Å². The van der Waals surface area contributed by atoms with Crippen molar-refractivity contribution in [2.24, 2.45) is 5.73 Å². The smallest absolute Gasteiger partial charge is 0.231 e. The number of benzene rings is 1. The average molecular weight is 225 g/mol. The van der Waals surface area contributed by atoms with Gasteiger partial charge in [0, 0.05) is 19.2 Å². The van der Waals surface area contributed by atoms with Gasteiger partial charge in [0.2, 0.25) is 6.79 Å². The largest absolute Gasteiger partial charge is 0.454 e. The van der Waals surface area contributed by atoms with Gasteiger partial charge in [0.1, 0.15) is 0 Å². The van der Waals surface area contributed by atoms with E-state index in [1.54, 1.807) is 19.2 Å². The zero-order valence-corrected chi connectivity index (χ0v) is 9.10. The average Bonchev–Trinajstić information content (AvgIpc) is 2.77. The first-order valence-electron chi connectivity index (χ1n) is 5.06. The first kappa shape index (κ1) is 11.2. The summed E-state index contributed by atoms with van der Waals surface area (Å²) in [6.07, 6.45) is -0.709. The van der Waals surface area contributed by atoms with Crippen LogP contribution in [0.5, 0.6) is 11.5 Å². The summed E-state index contributed by atoms with van der Waals surface area (Å²) in [4.78, 5) is 0. The third-order valence-electron chi connectivity index (χ3n) is 2.55. The topological polar surface area (TPSA) is 73.9 Å². The van der Waals surface area contributed by atoms with Gasteiger partial charge in [0.15, 0.2) is 11.5 Å². The molecule has 1 heterocycles. The van der Waals surface area contributed by atoms with Crippen molar-refractivity contribution in [3.05, 3.63) is 23.3 Å². The van der Waals surface area contributed by atoms with Crippen molar-refractivity contribution in [1.29, 1.82) is 0 Å². The van der Waals surface area contributed by atoms with Gasteiger partial charge in [-0.05, 0) is 11.6 Å². The van der Waals surface area contributed by atoms with E-state index in [9.17, 15) is 5.11 Å². The second-order valence-electron chi connectivity index (χ2n) is 3.55. The summed E-state index contributed by atoms with van der Waals surface area (Å²) >= 11 is 0. The number of fused-ring (bicyclic) bond motifs is 1. The molecule has 0 saturated carbocycles. The van der Waals surface area contributed by atoms with Gasteiger partial charge in [-0.1, -0.05) is 6.07 Å². The molecule has 3 N–H and O–H groups in total. The van der Waals surface area contributed by atoms with Crippen LogP contribution >= 0.6 is 0 Å². The summed E-state index contributed by atoms with van der Waals surface area (Å²) in [6.45, 7) is 0.726. The molecule has 0 aromatic heterocycles. The molecule has 5 nitrogen and oxygen atoms in total. The third kappa shape index (κ3) is 1.84. The lowest BCUT2D eigenvalue weighted by atomic mass is 10.0. The third-order valence-corrected chi connectivity index (χ3v) is 2.55. The van der Waals surface area contributed by atoms with Crippen LogP contribution in [0.15, 0.2) is 12.1 Å². The van der Waals surface area contributed by atoms with Crippen molar-refractivity contribution in [2.75, 3.05) is 20.4 Å². The maximum atomic E-state index is 9.79. The molecule has 0 bridgehead atoms. The van der Waals surface area contributed by atoms with Crippen molar-refractivity contribution in [3.63, 3.8) is 0 Å². The van der Waals surface area contributed by atoms with Crippen molar-refractivity contribution in [2.45, 2.75) is 12.7 Å². The molecule has 0 radical (unpaired) electrons. The molecule has 0 fully saturated rings. The first-order chi connectivity index (χ1) is 7.77. The first-order valence-corrected chi connectivity index (χ1v) is 5.06. The van der Waals surface area contributed by atoms with E-state index in [4.69, 9.17) is 19.9 Å². The van der Waals surface area contributed by atoms with E-state index in [1.807, 2.05) is 0 Å². The number of aliphatic hydroxyl groups excluding tert-OH is 1. The zero-order valence-electron chi connectivity index (χ0n) is 9.10. The quantitative estimate of drug-likeness (QED) is 0.783. The Morgan fingerprint density at radius 1 is 1.50 bits per heavy atom. The highest BCUT2D eigenvalue weighted by atomic mass is 16.7. The summed E-state index contributed by atoms with van der Waals surface area (Å²) in [6, 6.07) is 3.56. The van der Waals surface area contributed by atoms with Crippen LogP contribution in [0, 0.1) is 0 Å². The van der Waals surface area contributed by atoms with Gasteiger partial charge in [0.25, 0.3) is 0 Å². The van der Waals surface area contributed by atoms with Gasteiger partial charge >= 0.3 is 0 Å². The van der Waals surface area contributed by atoms with Gasteiger partial charge < -0.3 is 25.1 Å². The summed E-state index contributed by atoms with van der Waals surface area (Å²) in [5.41, 5.74) is 6.98. The SMILES string of the molecule is COCc1c(C(O)CN)ccc2c1OCO2. The predicted molar refractivity (Wildman–Crippen MR) is 57.3 cm³/mol. The Kier molecular flexibility index (Phi) is 3.28. The van der Waals surface area contributed by atoms with Crippen LogP contribution in [0.2, 0.25) is 0 Å². The van der Waals surface area contributed by atoms with E-state index >= 15 is 0 Å². The summed E-state index contributed by atoms with van der Waals surface area (Å²) in [5, 5.41) is 9.79. The van der Waals surface area contributed by atoms with Crippen molar-refractivity contribution in [1.82, 2.24) is 0 Å². The Morgan fingerprint density at radius 2 is 2.31 bits per heavy atom. The lowest BCUT2D eigenvalue weighted by Crippen LogP contribution is -2.14. The Hall–Kier alpha value is -1.30. The number of ether oxygens (including phenoxy) is 3. The number of nitrogens with two attached hydrogens (primary N) is 1. The normalized spacial score (nSPS) is 15.2. The van der Waals surface area contributed by atoms with Crippen LogP contribution in [0.4, 0.5) is 0 Å². The van der Waals surface area contributed by atoms with E-state index in [2.05, 4.69) is 0 Å². The highest BCUT2D eigenvalue weighted by Gasteiger charge is 2.23. The van der Waals surface area contributed by atoms with Crippen LogP contribution in [0.3, 0.4) is 0 Å². The lowest BCUT2D eigenvalue weighted by molar-refractivity contribution is 0.154. The maximum absolute atomic E-state index is 9.79. The Bertz CT molecular complexity index is 380. The second kappa shape index (κ2) is 4.69. The monoisotopic (exact) mass is 225 g/mol. The second-order valence-corrected chi connectivity index (χ2v) is 3.55. The summed E-state index contributed by atoms with van der Waals surface area (Å²) in [7, 11) is 1.59. The van der Waals surface area contributed by atoms with E-state index < -0.39 is 6.10 Å². The molecule has 16 heavy (non-hydrogen) atoms. The van der Waals surface area contributed by atoms with Crippen LogP contribution in [0.25, 0.3) is 0 Å². The summed E-state index contributed by atoms with van der Waals surface area (Å²) in [5.74, 6) is 1.33. The molecule has 2 rings (SSSR count). The summed E-state index contributed by atoms with van der Waals surface area (Å²) < 4.78 is 15.7. The molecular weight excluding hydrogens is 210 g/mol. The standard InChI is InChI=1S/C11H15NO4/c1-14-5-8-7(9(13)4-12)2-3-10-11(8)16-6-15-10/h2-3,9,13H,4-6,12H2,1H3. The Balaban J connectivity index is 2.44. The molecule has 1 unspecified atom stereocenters. The molecule has 1 atom stereocenters. The van der Waals surface area contributed by atoms with Gasteiger partial charge in [0.05, 0.1) is 12.7 Å². The molecule has 1 aromatic carbocycles. The Labute approximate surface area is 93.7 Å². The van der Waals surface area contributed by atoms with E-state index in [-0.39, 0.29) is 13.3 Å². The van der Waals surface area contributed by atoms with E-state index in [0.29, 0.717) is 18.1 Å². The fourth-order valence-electron chi connectivity index (χ4n) is 1.78. The minimum Gasteiger partial charge on any atom is -0.454 e. The molecule has 88 valence electrons. The number of rotatable bonds is 4. The maximum Gasteiger partial charge on any atom is 0.231 e. The molecule has 1 aliphatic rings. The Morgan fingerprint density at radius 3 is 3.00 bits per heavy atom. The molecular formula is C11H15NO4. The van der Waals surface area contributed by atoms with Crippen molar-refractivity contribution >= 4 is 0 Å². The fraction of sp³-hybridized carbons (Fsp3) is 0.455. The number of hydrogen-bond donors (Lipinski definition) is 2. The number of methoxy groups -OCH3 is 1. The van der Waals surface area contributed by atoms with Crippen LogP contribution in [-0.4, -0.2) is 25.6 Å². The highest BCUT2D eigenvalue weighted by molar-refractivity contribution is 5.52. The zero-order chi connectivity index (χ0) is 11.5. The number of hydrogen-bond acceptors (Lipinski definition) is 5. The molecule has 0 amide bonds. The van der Waals surface area contributed by atoms with Crippen LogP contribution in [0.1, 0.15) is 17.2 Å². The van der Waals surface area contributed by atoms with Gasteiger partial charge in [-0.25, -0.2) is 0 Å². The highest BCUT2D eigenvalue weighted by Crippen LogP contribution is 2.39. The van der Waals surface area contributed by atoms with E-state index in [1.165, 1.54) is 0 Å². The van der Waals surface area contributed by atoms with E-state index in [0.717, 1.165) is 11.1 Å². The molecule has 0 saturated heterocycles. The predicted octanol–water partition coefficient (Wildman–Crippen LogP) is 0.554. The minimum atomic E-state index is -0.709. The lowest BCUT2D eigenvalue weighted by Gasteiger charge is -2.15. The van der Waals surface area contributed by atoms with Gasteiger partial charge in [-0.15, -0.1) is 0 Å². The van der Waals surface area contributed by atoms with Crippen molar-refractivity contribution in [3.8, 4) is 11.5 Å². The number of aliphatic hydroxyl groups is 1. The van der Waals surface area contributed by atoms with Gasteiger partial charge in [-0.2, -0.15) is 0 Å². The fourth-order valence-corrected chi connectivity index (χ4v) is 1.78. The molecule has 5 heteroatoms. The minimum absolute atomic E-state index is 0.163. The van der Waals surface area contributed by atoms with Crippen LogP contribution in [-0.2, 0) is 11.3 Å². The molecule has 1 aliphatic heterocycles.